The molecule has 1 aromatic carbocycles. The Balaban J connectivity index is 1.28. The van der Waals surface area contributed by atoms with Gasteiger partial charge < -0.3 is 0 Å². The van der Waals surface area contributed by atoms with E-state index < -0.39 is 0 Å². The lowest BCUT2D eigenvalue weighted by atomic mass is 9.76. The van der Waals surface area contributed by atoms with E-state index in [-0.39, 0.29) is 14.6 Å². The Morgan fingerprint density at radius 3 is 2.10 bits per heavy atom. The van der Waals surface area contributed by atoms with Gasteiger partial charge in [-0.1, -0.05) is 102 Å². The van der Waals surface area contributed by atoms with Crippen LogP contribution in [-0.4, -0.2) is 8.80 Å². The molecule has 2 aliphatic rings. The van der Waals surface area contributed by atoms with Crippen LogP contribution in [0.1, 0.15) is 114 Å². The number of unbranched alkanes of at least 4 members (excludes halogenated alkanes) is 2. The summed E-state index contributed by atoms with van der Waals surface area (Å²) in [6, 6.07) is 11.0. The maximum atomic E-state index is 14.3. The molecular weight excluding hydrogens is 383 g/mol. The van der Waals surface area contributed by atoms with Gasteiger partial charge in [-0.15, -0.1) is 0 Å². The van der Waals surface area contributed by atoms with Gasteiger partial charge in [0.1, 0.15) is 5.82 Å². The number of hydrogen-bond acceptors (Lipinski definition) is 0. The average Bonchev–Trinajstić information content (AvgIpc) is 2.78. The Morgan fingerprint density at radius 2 is 1.50 bits per heavy atom. The molecule has 1 aliphatic heterocycles. The number of benzene rings is 1. The second-order valence-electron chi connectivity index (χ2n) is 10.6. The molecule has 0 bridgehead atoms. The molecule has 1 heterocycles. The molecular formula is C28H47FSi. The summed E-state index contributed by atoms with van der Waals surface area (Å²) in [5.41, 5.74) is 2.15. The van der Waals surface area contributed by atoms with Crippen LogP contribution in [-0.2, 0) is 6.42 Å². The maximum Gasteiger partial charge on any atom is 0.126 e. The summed E-state index contributed by atoms with van der Waals surface area (Å²) >= 11 is 0. The third kappa shape index (κ3) is 7.50. The van der Waals surface area contributed by atoms with Gasteiger partial charge in [0.2, 0.25) is 0 Å². The quantitative estimate of drug-likeness (QED) is 0.242. The fourth-order valence-electron chi connectivity index (χ4n) is 6.24. The molecule has 0 spiro atoms. The Kier molecular flexibility index (Phi) is 10.4. The van der Waals surface area contributed by atoms with E-state index in [1.807, 2.05) is 12.1 Å². The van der Waals surface area contributed by atoms with Gasteiger partial charge in [-0.05, 0) is 67.1 Å². The van der Waals surface area contributed by atoms with E-state index in [0.717, 1.165) is 30.2 Å². The van der Waals surface area contributed by atoms with E-state index >= 15 is 0 Å². The van der Waals surface area contributed by atoms with Crippen LogP contribution in [0.25, 0.3) is 0 Å². The molecule has 0 aromatic heterocycles. The number of aryl methyl sites for hydroxylation is 1. The maximum absolute atomic E-state index is 14.3. The summed E-state index contributed by atoms with van der Waals surface area (Å²) in [4.78, 5) is 0. The van der Waals surface area contributed by atoms with Crippen LogP contribution in [0, 0.1) is 17.7 Å². The fourth-order valence-corrected chi connectivity index (χ4v) is 9.98. The second kappa shape index (κ2) is 13.0. The summed E-state index contributed by atoms with van der Waals surface area (Å²) in [6.45, 7) is 4.46. The van der Waals surface area contributed by atoms with Crippen LogP contribution < -0.4 is 0 Å². The van der Waals surface area contributed by atoms with Gasteiger partial charge in [0.15, 0.2) is 0 Å². The molecule has 0 amide bonds. The molecule has 3 rings (SSSR count). The first-order valence-corrected chi connectivity index (χ1v) is 15.9. The highest BCUT2D eigenvalue weighted by Gasteiger charge is 2.24. The summed E-state index contributed by atoms with van der Waals surface area (Å²) < 4.78 is 14.3. The molecule has 1 saturated carbocycles. The first-order valence-electron chi connectivity index (χ1n) is 13.5. The van der Waals surface area contributed by atoms with Gasteiger partial charge in [0, 0.05) is 8.80 Å². The smallest absolute Gasteiger partial charge is 0.126 e. The SMILES string of the molecule is CCCC[SiH]1CCC(CCCC[C@H]2CC[C@H](c3ccc(CCC)c(F)c3)CC2)CC1. The Bertz CT molecular complexity index is 597. The molecule has 2 heteroatoms. The summed E-state index contributed by atoms with van der Waals surface area (Å²) in [7, 11) is -0.312. The monoisotopic (exact) mass is 430 g/mol. The van der Waals surface area contributed by atoms with Crippen LogP contribution in [0.15, 0.2) is 18.2 Å². The molecule has 2 fully saturated rings. The van der Waals surface area contributed by atoms with Gasteiger partial charge in [0.05, 0.1) is 0 Å². The van der Waals surface area contributed by atoms with Crippen molar-refractivity contribution in [2.75, 3.05) is 0 Å². The van der Waals surface area contributed by atoms with Crippen LogP contribution in [0.2, 0.25) is 18.1 Å². The molecule has 0 atom stereocenters. The summed E-state index contributed by atoms with van der Waals surface area (Å²) in [5.74, 6) is 2.62. The zero-order chi connectivity index (χ0) is 21.2. The highest BCUT2D eigenvalue weighted by Crippen LogP contribution is 2.38. The minimum atomic E-state index is -0.312. The van der Waals surface area contributed by atoms with Crippen molar-refractivity contribution in [3.63, 3.8) is 0 Å². The molecule has 0 nitrogen and oxygen atoms in total. The molecule has 170 valence electrons. The third-order valence-electron chi connectivity index (χ3n) is 8.32. The van der Waals surface area contributed by atoms with E-state index in [2.05, 4.69) is 19.9 Å². The van der Waals surface area contributed by atoms with E-state index in [4.69, 9.17) is 0 Å². The topological polar surface area (TPSA) is 0 Å². The van der Waals surface area contributed by atoms with E-state index in [0.29, 0.717) is 5.92 Å². The molecule has 1 saturated heterocycles. The second-order valence-corrected chi connectivity index (χ2v) is 14.1. The van der Waals surface area contributed by atoms with Crippen molar-refractivity contribution in [3.8, 4) is 0 Å². The van der Waals surface area contributed by atoms with Crippen molar-refractivity contribution in [3.05, 3.63) is 35.1 Å². The minimum absolute atomic E-state index is 0.0264. The zero-order valence-electron chi connectivity index (χ0n) is 19.9. The first-order chi connectivity index (χ1) is 14.7. The predicted molar refractivity (Wildman–Crippen MR) is 133 cm³/mol. The van der Waals surface area contributed by atoms with Gasteiger partial charge in [-0.2, -0.15) is 0 Å². The van der Waals surface area contributed by atoms with Crippen molar-refractivity contribution in [2.24, 2.45) is 11.8 Å². The van der Waals surface area contributed by atoms with Crippen molar-refractivity contribution in [1.82, 2.24) is 0 Å². The minimum Gasteiger partial charge on any atom is -0.207 e. The lowest BCUT2D eigenvalue weighted by Crippen LogP contribution is -2.21. The van der Waals surface area contributed by atoms with E-state index in [9.17, 15) is 4.39 Å². The first kappa shape index (κ1) is 24.0. The van der Waals surface area contributed by atoms with Gasteiger partial charge in [-0.3, -0.25) is 0 Å². The standard InChI is InChI=1S/C28H47FSi/c1-3-5-19-30-20-17-24(18-21-30)10-7-6-9-23-11-13-25(14-12-23)27-16-15-26(8-4-2)28(29)22-27/h15-16,22-25,30H,3-14,17-21H2,1-2H3/t23-,24?,25-,30?. The van der Waals surface area contributed by atoms with Gasteiger partial charge >= 0.3 is 0 Å². The van der Waals surface area contributed by atoms with Crippen LogP contribution in [0.3, 0.4) is 0 Å². The van der Waals surface area contributed by atoms with Crippen molar-refractivity contribution in [2.45, 2.75) is 128 Å². The Morgan fingerprint density at radius 1 is 0.833 bits per heavy atom. The Hall–Kier alpha value is -0.633. The molecule has 1 aliphatic carbocycles. The normalized spacial score (nSPS) is 27.3. The van der Waals surface area contributed by atoms with Crippen LogP contribution in [0.4, 0.5) is 4.39 Å². The highest BCUT2D eigenvalue weighted by atomic mass is 28.3. The molecule has 30 heavy (non-hydrogen) atoms. The lowest BCUT2D eigenvalue weighted by molar-refractivity contribution is 0.297. The largest absolute Gasteiger partial charge is 0.207 e. The molecule has 0 radical (unpaired) electrons. The van der Waals surface area contributed by atoms with Crippen molar-refractivity contribution < 1.29 is 4.39 Å². The molecule has 0 unspecified atom stereocenters. The number of hydrogen-bond donors (Lipinski definition) is 0. The third-order valence-corrected chi connectivity index (χ3v) is 11.8. The van der Waals surface area contributed by atoms with Gasteiger partial charge in [-0.25, -0.2) is 4.39 Å². The summed E-state index contributed by atoms with van der Waals surface area (Å²) in [5, 5.41) is 0. The summed E-state index contributed by atoms with van der Waals surface area (Å²) in [6.07, 6.45) is 19.0. The fraction of sp³-hybridized carbons (Fsp3) is 0.786. The Labute approximate surface area is 188 Å². The lowest BCUT2D eigenvalue weighted by Gasteiger charge is -2.30. The van der Waals surface area contributed by atoms with Crippen LogP contribution in [0.5, 0.6) is 0 Å². The highest BCUT2D eigenvalue weighted by molar-refractivity contribution is 6.58. The van der Waals surface area contributed by atoms with Gasteiger partial charge in [0.25, 0.3) is 0 Å². The van der Waals surface area contributed by atoms with E-state index in [1.54, 1.807) is 31.0 Å². The van der Waals surface area contributed by atoms with E-state index in [1.165, 1.54) is 69.8 Å². The molecule has 1 aromatic rings. The predicted octanol–water partition coefficient (Wildman–Crippen LogP) is 9.05. The van der Waals surface area contributed by atoms with Crippen LogP contribution >= 0.6 is 0 Å². The molecule has 0 N–H and O–H groups in total. The van der Waals surface area contributed by atoms with Crippen molar-refractivity contribution >= 4 is 8.80 Å². The number of halogens is 1. The average molecular weight is 431 g/mol. The van der Waals surface area contributed by atoms with Crippen molar-refractivity contribution in [1.29, 1.82) is 0 Å². The number of rotatable bonds is 11. The zero-order valence-corrected chi connectivity index (χ0v) is 21.1.